The molecule has 4 heterocycles. The standard InChI is InChI=1S/C33H42N8O3/c1-9-10-21-11-12-26-29(36-21)33(4,5)19-41(26)30-23(31(42)44-20(2)3)17-35-32(38-30)37-25-15-24(34)27(16-28(25)43-8)40-14-13-22(18-40)39(6)7/h11-12,15-17,20,22H,13-14,18-19,34H2,1-8H3,(H,35,37,38)/t22-/m1/s1. The summed E-state index contributed by atoms with van der Waals surface area (Å²) in [5, 5.41) is 3.28. The average molecular weight is 599 g/mol. The second-order valence-electron chi connectivity index (χ2n) is 12.4. The van der Waals surface area contributed by atoms with E-state index in [0.29, 0.717) is 41.2 Å². The van der Waals surface area contributed by atoms with Crippen LogP contribution in [0.2, 0.25) is 0 Å². The summed E-state index contributed by atoms with van der Waals surface area (Å²) >= 11 is 0. The Morgan fingerprint density at radius 3 is 2.64 bits per heavy atom. The molecule has 5 rings (SSSR count). The van der Waals surface area contributed by atoms with E-state index in [-0.39, 0.29) is 23.0 Å². The highest BCUT2D eigenvalue weighted by molar-refractivity contribution is 5.96. The van der Waals surface area contributed by atoms with E-state index in [0.717, 1.165) is 36.6 Å². The summed E-state index contributed by atoms with van der Waals surface area (Å²) in [5.74, 6) is 6.78. The number of nitrogen functional groups attached to an aromatic ring is 1. The molecule has 0 saturated carbocycles. The molecule has 1 aromatic carbocycles. The first-order valence-corrected chi connectivity index (χ1v) is 14.9. The minimum Gasteiger partial charge on any atom is -0.494 e. The third-order valence-corrected chi connectivity index (χ3v) is 8.03. The molecule has 0 spiro atoms. The van der Waals surface area contributed by atoms with Crippen molar-refractivity contribution >= 4 is 40.5 Å². The molecule has 2 aliphatic heterocycles. The van der Waals surface area contributed by atoms with Crippen LogP contribution >= 0.6 is 0 Å². The van der Waals surface area contributed by atoms with E-state index in [4.69, 9.17) is 25.2 Å². The average Bonchev–Trinajstić information content (AvgIpc) is 3.56. The lowest BCUT2D eigenvalue weighted by atomic mass is 9.91. The van der Waals surface area contributed by atoms with Crippen LogP contribution in [-0.4, -0.2) is 78.8 Å². The fourth-order valence-electron chi connectivity index (χ4n) is 5.80. The number of nitrogens with zero attached hydrogens (tertiary/aromatic N) is 6. The number of benzene rings is 1. The second-order valence-corrected chi connectivity index (χ2v) is 12.4. The van der Waals surface area contributed by atoms with Crippen LogP contribution in [0.25, 0.3) is 0 Å². The van der Waals surface area contributed by atoms with Crippen LogP contribution in [0.5, 0.6) is 5.75 Å². The SMILES string of the molecule is CC#Cc1ccc2c(n1)C(C)(C)CN2c1nc(Nc2cc(N)c(N3CC[C@@H](N(C)C)C3)cc2OC)ncc1C(=O)OC(C)C. The molecule has 3 N–H and O–H groups in total. The van der Waals surface area contributed by atoms with Crippen molar-refractivity contribution in [2.45, 2.75) is 58.6 Å². The molecule has 1 saturated heterocycles. The molecule has 232 valence electrons. The number of pyridine rings is 1. The highest BCUT2D eigenvalue weighted by Gasteiger charge is 2.40. The number of hydrogen-bond acceptors (Lipinski definition) is 11. The normalized spacial score (nSPS) is 17.0. The van der Waals surface area contributed by atoms with Crippen molar-refractivity contribution in [1.29, 1.82) is 0 Å². The molecule has 2 aliphatic rings. The Labute approximate surface area is 259 Å². The van der Waals surface area contributed by atoms with E-state index in [1.54, 1.807) is 14.0 Å². The molecular formula is C33H42N8O3. The molecule has 0 bridgehead atoms. The first-order valence-electron chi connectivity index (χ1n) is 14.9. The van der Waals surface area contributed by atoms with Gasteiger partial charge >= 0.3 is 5.97 Å². The number of carbonyl (C=O) groups excluding carboxylic acids is 1. The number of fused-ring (bicyclic) bond motifs is 1. The molecule has 11 nitrogen and oxygen atoms in total. The molecule has 0 aliphatic carbocycles. The van der Waals surface area contributed by atoms with Gasteiger partial charge in [-0.05, 0) is 65.4 Å². The molecule has 44 heavy (non-hydrogen) atoms. The van der Waals surface area contributed by atoms with Gasteiger partial charge in [-0.15, -0.1) is 0 Å². The third-order valence-electron chi connectivity index (χ3n) is 8.03. The van der Waals surface area contributed by atoms with Crippen molar-refractivity contribution in [3.63, 3.8) is 0 Å². The van der Waals surface area contributed by atoms with E-state index in [1.165, 1.54) is 6.20 Å². The molecule has 2 aromatic heterocycles. The number of aromatic nitrogens is 3. The summed E-state index contributed by atoms with van der Waals surface area (Å²) in [6.07, 6.45) is 2.26. The molecule has 1 atom stereocenters. The van der Waals surface area contributed by atoms with E-state index in [9.17, 15) is 4.79 Å². The van der Waals surface area contributed by atoms with Gasteiger partial charge in [0.1, 0.15) is 17.0 Å². The minimum atomic E-state index is -0.498. The Morgan fingerprint density at radius 2 is 1.98 bits per heavy atom. The fourth-order valence-corrected chi connectivity index (χ4v) is 5.80. The van der Waals surface area contributed by atoms with E-state index in [1.807, 2.05) is 43.0 Å². The highest BCUT2D eigenvalue weighted by Crippen LogP contribution is 2.44. The zero-order valence-corrected chi connectivity index (χ0v) is 26.9. The van der Waals surface area contributed by atoms with Crippen molar-refractivity contribution in [3.8, 4) is 17.6 Å². The summed E-state index contributed by atoms with van der Waals surface area (Å²) in [7, 11) is 5.82. The molecule has 1 fully saturated rings. The quantitative estimate of drug-likeness (QED) is 0.213. The van der Waals surface area contributed by atoms with Crippen molar-refractivity contribution in [2.75, 3.05) is 61.7 Å². The number of hydrogen-bond donors (Lipinski definition) is 2. The van der Waals surface area contributed by atoms with Gasteiger partial charge in [0.05, 0.1) is 41.7 Å². The minimum absolute atomic E-state index is 0.261. The summed E-state index contributed by atoms with van der Waals surface area (Å²) in [6.45, 7) is 12.0. The molecule has 11 heteroatoms. The molecule has 3 aromatic rings. The lowest BCUT2D eigenvalue weighted by Crippen LogP contribution is -2.31. The monoisotopic (exact) mass is 598 g/mol. The van der Waals surface area contributed by atoms with Crippen LogP contribution in [-0.2, 0) is 10.2 Å². The zero-order valence-electron chi connectivity index (χ0n) is 26.9. The fraction of sp³-hybridized carbons (Fsp3) is 0.455. The number of ether oxygens (including phenoxy) is 2. The van der Waals surface area contributed by atoms with Crippen LogP contribution < -0.4 is 25.6 Å². The van der Waals surface area contributed by atoms with Crippen LogP contribution in [0.4, 0.5) is 34.5 Å². The van der Waals surface area contributed by atoms with Gasteiger partial charge in [-0.2, -0.15) is 4.98 Å². The first-order chi connectivity index (χ1) is 20.9. The number of likely N-dealkylation sites (N-methyl/N-ethyl adjacent to an activating group) is 1. The van der Waals surface area contributed by atoms with Crippen molar-refractivity contribution < 1.29 is 14.3 Å². The molecule has 0 amide bonds. The van der Waals surface area contributed by atoms with Crippen molar-refractivity contribution in [1.82, 2.24) is 19.9 Å². The number of nitrogens with two attached hydrogens (primary N) is 1. The van der Waals surface area contributed by atoms with Crippen LogP contribution in [0.1, 0.15) is 62.8 Å². The predicted molar refractivity (Wildman–Crippen MR) is 174 cm³/mol. The number of methoxy groups -OCH3 is 1. The zero-order chi connectivity index (χ0) is 31.8. The number of esters is 1. The Hall–Kier alpha value is -4.56. The number of rotatable bonds is 8. The maximum Gasteiger partial charge on any atom is 0.343 e. The Morgan fingerprint density at radius 1 is 1.20 bits per heavy atom. The van der Waals surface area contributed by atoms with Gasteiger partial charge in [-0.1, -0.05) is 19.8 Å². The van der Waals surface area contributed by atoms with Gasteiger partial charge in [0.15, 0.2) is 5.82 Å². The first kappa shape index (κ1) is 30.9. The molecule has 0 radical (unpaired) electrons. The highest BCUT2D eigenvalue weighted by atomic mass is 16.5. The maximum atomic E-state index is 13.3. The summed E-state index contributed by atoms with van der Waals surface area (Å²) in [6, 6.07) is 8.12. The number of nitrogens with one attached hydrogen (secondary N) is 1. The molecular weight excluding hydrogens is 556 g/mol. The van der Waals surface area contributed by atoms with Crippen LogP contribution in [0.15, 0.2) is 30.5 Å². The van der Waals surface area contributed by atoms with Crippen LogP contribution in [0, 0.1) is 11.8 Å². The summed E-state index contributed by atoms with van der Waals surface area (Å²) < 4.78 is 11.4. The van der Waals surface area contributed by atoms with E-state index in [2.05, 4.69) is 59.9 Å². The largest absolute Gasteiger partial charge is 0.494 e. The smallest absolute Gasteiger partial charge is 0.343 e. The van der Waals surface area contributed by atoms with Gasteiger partial charge in [0, 0.05) is 43.4 Å². The summed E-state index contributed by atoms with van der Waals surface area (Å²) in [5.41, 5.74) is 11.1. The Balaban J connectivity index is 1.53. The maximum absolute atomic E-state index is 13.3. The van der Waals surface area contributed by atoms with Crippen LogP contribution in [0.3, 0.4) is 0 Å². The predicted octanol–water partition coefficient (Wildman–Crippen LogP) is 4.71. The Bertz CT molecular complexity index is 1630. The van der Waals surface area contributed by atoms with Gasteiger partial charge in [0.2, 0.25) is 5.95 Å². The lowest BCUT2D eigenvalue weighted by molar-refractivity contribution is 0.0378. The number of anilines is 6. The van der Waals surface area contributed by atoms with E-state index < -0.39 is 5.97 Å². The van der Waals surface area contributed by atoms with Gasteiger partial charge in [-0.25, -0.2) is 14.8 Å². The van der Waals surface area contributed by atoms with E-state index >= 15 is 0 Å². The topological polar surface area (TPSA) is 122 Å². The Kier molecular flexibility index (Phi) is 8.57. The second kappa shape index (κ2) is 12.2. The van der Waals surface area contributed by atoms with Crippen molar-refractivity contribution in [2.24, 2.45) is 0 Å². The summed E-state index contributed by atoms with van der Waals surface area (Å²) in [4.78, 5) is 34.0. The number of carbonyl (C=O) groups is 1. The van der Waals surface area contributed by atoms with Gasteiger partial charge in [-0.3, -0.25) is 0 Å². The third kappa shape index (κ3) is 6.08. The lowest BCUT2D eigenvalue weighted by Gasteiger charge is -2.25. The van der Waals surface area contributed by atoms with Gasteiger partial charge in [0.25, 0.3) is 0 Å². The van der Waals surface area contributed by atoms with Gasteiger partial charge < -0.3 is 35.2 Å². The van der Waals surface area contributed by atoms with Crippen molar-refractivity contribution in [3.05, 3.63) is 47.4 Å². The molecule has 0 unspecified atom stereocenters.